The van der Waals surface area contributed by atoms with Gasteiger partial charge in [-0.15, -0.1) is 0 Å². The molecule has 1 amide bonds. The molecule has 8 heteroatoms. The maximum atomic E-state index is 12.4. The highest BCUT2D eigenvalue weighted by Gasteiger charge is 2.31. The highest BCUT2D eigenvalue weighted by Crippen LogP contribution is 2.24. The molecule has 0 bridgehead atoms. The summed E-state index contributed by atoms with van der Waals surface area (Å²) in [5, 5.41) is 8.42. The number of carbonyl (C=O) groups is 1. The van der Waals surface area contributed by atoms with Crippen molar-refractivity contribution in [3.05, 3.63) is 53.5 Å². The molecule has 1 aliphatic rings. The van der Waals surface area contributed by atoms with Crippen LogP contribution in [0.15, 0.2) is 36.5 Å². The zero-order valence-electron chi connectivity index (χ0n) is 15.1. The minimum Gasteiger partial charge on any atom is -0.361 e. The molecule has 0 spiro atoms. The van der Waals surface area contributed by atoms with E-state index in [9.17, 15) is 13.2 Å². The second-order valence-corrected chi connectivity index (χ2v) is 9.27. The smallest absolute Gasteiger partial charge is 0.271 e. The van der Waals surface area contributed by atoms with Crippen molar-refractivity contribution in [1.82, 2.24) is 20.1 Å². The van der Waals surface area contributed by atoms with Gasteiger partial charge in [-0.2, -0.15) is 5.10 Å². The fourth-order valence-corrected chi connectivity index (χ4v) is 5.37. The van der Waals surface area contributed by atoms with E-state index in [1.165, 1.54) is 0 Å². The first-order valence-electron chi connectivity index (χ1n) is 9.03. The normalized spacial score (nSPS) is 18.8. The Kier molecular flexibility index (Phi) is 4.51. The summed E-state index contributed by atoms with van der Waals surface area (Å²) in [5.74, 6) is 0.0397. The van der Waals surface area contributed by atoms with Crippen molar-refractivity contribution < 1.29 is 13.2 Å². The summed E-state index contributed by atoms with van der Waals surface area (Å²) in [7, 11) is -2.99. The fourth-order valence-electron chi connectivity index (χ4n) is 3.68. The first-order chi connectivity index (χ1) is 12.9. The third-order valence-electron chi connectivity index (χ3n) is 5.06. The predicted molar refractivity (Wildman–Crippen MR) is 104 cm³/mol. The Bertz CT molecular complexity index is 1100. The molecule has 0 aliphatic carbocycles. The number of amides is 1. The van der Waals surface area contributed by atoms with E-state index in [1.54, 1.807) is 10.7 Å². The highest BCUT2D eigenvalue weighted by atomic mass is 32.2. The van der Waals surface area contributed by atoms with E-state index in [0.717, 1.165) is 28.6 Å². The van der Waals surface area contributed by atoms with E-state index in [4.69, 9.17) is 0 Å². The number of para-hydroxylation sites is 1. The van der Waals surface area contributed by atoms with Crippen LogP contribution in [0.3, 0.4) is 0 Å². The van der Waals surface area contributed by atoms with Crippen molar-refractivity contribution in [2.24, 2.45) is 0 Å². The lowest BCUT2D eigenvalue weighted by molar-refractivity contribution is 0.0948. The third-order valence-corrected chi connectivity index (χ3v) is 6.81. The molecular weight excluding hydrogens is 364 g/mol. The number of aromatic amines is 1. The molecule has 1 aromatic carbocycles. The molecule has 2 N–H and O–H groups in total. The Morgan fingerprint density at radius 2 is 2.19 bits per heavy atom. The van der Waals surface area contributed by atoms with Gasteiger partial charge in [0.25, 0.3) is 5.91 Å². The van der Waals surface area contributed by atoms with Crippen LogP contribution in [-0.4, -0.2) is 47.1 Å². The zero-order valence-corrected chi connectivity index (χ0v) is 15.9. The first kappa shape index (κ1) is 17.8. The van der Waals surface area contributed by atoms with Crippen LogP contribution >= 0.6 is 0 Å². The highest BCUT2D eigenvalue weighted by molar-refractivity contribution is 7.91. The van der Waals surface area contributed by atoms with Gasteiger partial charge in [0.1, 0.15) is 5.69 Å². The largest absolute Gasteiger partial charge is 0.361 e. The van der Waals surface area contributed by atoms with Gasteiger partial charge in [0.2, 0.25) is 0 Å². The Morgan fingerprint density at radius 3 is 2.96 bits per heavy atom. The SMILES string of the molecule is Cc1cc(C(=O)NCCc2c[nH]c3ccccc23)nn1C1CCS(=O)(=O)C1. The van der Waals surface area contributed by atoms with Gasteiger partial charge < -0.3 is 10.3 Å². The molecule has 3 aromatic rings. The van der Waals surface area contributed by atoms with Gasteiger partial charge in [-0.25, -0.2) is 8.42 Å². The molecule has 3 heterocycles. The lowest BCUT2D eigenvalue weighted by atomic mass is 10.1. The second kappa shape index (κ2) is 6.84. The standard InChI is InChI=1S/C19H22N4O3S/c1-13-10-18(22-23(13)15-7-9-27(25,26)12-15)19(24)20-8-6-14-11-21-17-5-3-2-4-16(14)17/h2-5,10-11,15,21H,6-9,12H2,1H3,(H,20,24). The number of carbonyl (C=O) groups excluding carboxylic acids is 1. The minimum atomic E-state index is -2.99. The number of rotatable bonds is 5. The van der Waals surface area contributed by atoms with E-state index < -0.39 is 9.84 Å². The lowest BCUT2D eigenvalue weighted by Crippen LogP contribution is -2.26. The molecule has 0 radical (unpaired) electrons. The van der Waals surface area contributed by atoms with Gasteiger partial charge in [-0.05, 0) is 37.5 Å². The van der Waals surface area contributed by atoms with E-state index in [2.05, 4.69) is 21.5 Å². The van der Waals surface area contributed by atoms with E-state index in [-0.39, 0.29) is 23.5 Å². The molecule has 7 nitrogen and oxygen atoms in total. The molecule has 1 saturated heterocycles. The summed E-state index contributed by atoms with van der Waals surface area (Å²) >= 11 is 0. The molecular formula is C19H22N4O3S. The lowest BCUT2D eigenvalue weighted by Gasteiger charge is -2.10. The maximum Gasteiger partial charge on any atom is 0.271 e. The molecule has 1 unspecified atom stereocenters. The van der Waals surface area contributed by atoms with Crippen LogP contribution in [0.25, 0.3) is 10.9 Å². The van der Waals surface area contributed by atoms with Gasteiger partial charge in [0.15, 0.2) is 9.84 Å². The van der Waals surface area contributed by atoms with Crippen molar-refractivity contribution in [2.45, 2.75) is 25.8 Å². The number of nitrogens with one attached hydrogen (secondary N) is 2. The van der Waals surface area contributed by atoms with E-state index in [0.29, 0.717) is 18.7 Å². The number of fused-ring (bicyclic) bond motifs is 1. The molecule has 4 rings (SSSR count). The average molecular weight is 386 g/mol. The van der Waals surface area contributed by atoms with E-state index >= 15 is 0 Å². The quantitative estimate of drug-likeness (QED) is 0.701. The molecule has 2 aromatic heterocycles. The maximum absolute atomic E-state index is 12.4. The summed E-state index contributed by atoms with van der Waals surface area (Å²) in [6.07, 6.45) is 3.24. The number of H-pyrrole nitrogens is 1. The van der Waals surface area contributed by atoms with Crippen molar-refractivity contribution in [1.29, 1.82) is 0 Å². The van der Waals surface area contributed by atoms with Gasteiger partial charge in [-0.3, -0.25) is 9.48 Å². The molecule has 142 valence electrons. The Balaban J connectivity index is 1.39. The number of hydrogen-bond donors (Lipinski definition) is 2. The number of nitrogens with zero attached hydrogens (tertiary/aromatic N) is 2. The Hall–Kier alpha value is -2.61. The summed E-state index contributed by atoms with van der Waals surface area (Å²) in [6.45, 7) is 2.35. The zero-order chi connectivity index (χ0) is 19.0. The van der Waals surface area contributed by atoms with Gasteiger partial charge in [0.05, 0.1) is 17.5 Å². The molecule has 1 atom stereocenters. The Morgan fingerprint density at radius 1 is 1.37 bits per heavy atom. The van der Waals surface area contributed by atoms with Crippen LogP contribution in [0, 0.1) is 6.92 Å². The predicted octanol–water partition coefficient (Wildman–Crippen LogP) is 2.00. The van der Waals surface area contributed by atoms with Gasteiger partial charge >= 0.3 is 0 Å². The fraction of sp³-hybridized carbons (Fsp3) is 0.368. The summed E-state index contributed by atoms with van der Waals surface area (Å²) in [5.41, 5.74) is 3.37. The van der Waals surface area contributed by atoms with Crippen LogP contribution in [0.4, 0.5) is 0 Å². The van der Waals surface area contributed by atoms with Gasteiger partial charge in [0, 0.05) is 29.3 Å². The third kappa shape index (κ3) is 3.62. The number of aryl methyl sites for hydroxylation is 1. The van der Waals surface area contributed by atoms with Crippen molar-refractivity contribution in [3.63, 3.8) is 0 Å². The number of hydrogen-bond acceptors (Lipinski definition) is 4. The molecule has 1 aliphatic heterocycles. The summed E-state index contributed by atoms with van der Waals surface area (Å²) in [4.78, 5) is 15.7. The van der Waals surface area contributed by atoms with Gasteiger partial charge in [-0.1, -0.05) is 18.2 Å². The average Bonchev–Trinajstić information content (AvgIpc) is 3.32. The van der Waals surface area contributed by atoms with Crippen LogP contribution < -0.4 is 5.32 Å². The summed E-state index contributed by atoms with van der Waals surface area (Å²) < 4.78 is 25.1. The minimum absolute atomic E-state index is 0.0944. The second-order valence-electron chi connectivity index (χ2n) is 7.04. The molecule has 1 fully saturated rings. The topological polar surface area (TPSA) is 96.8 Å². The number of sulfone groups is 1. The number of aromatic nitrogens is 3. The monoisotopic (exact) mass is 386 g/mol. The van der Waals surface area contributed by atoms with Crippen molar-refractivity contribution >= 4 is 26.6 Å². The Labute approximate surface area is 157 Å². The van der Waals surface area contributed by atoms with Crippen LogP contribution in [0.2, 0.25) is 0 Å². The molecule has 27 heavy (non-hydrogen) atoms. The van der Waals surface area contributed by atoms with Crippen LogP contribution in [0.5, 0.6) is 0 Å². The van der Waals surface area contributed by atoms with Crippen LogP contribution in [-0.2, 0) is 16.3 Å². The van der Waals surface area contributed by atoms with E-state index in [1.807, 2.05) is 31.3 Å². The molecule has 0 saturated carbocycles. The van der Waals surface area contributed by atoms with Crippen molar-refractivity contribution in [2.75, 3.05) is 18.1 Å². The summed E-state index contributed by atoms with van der Waals surface area (Å²) in [6, 6.07) is 9.60. The van der Waals surface area contributed by atoms with Crippen molar-refractivity contribution in [3.8, 4) is 0 Å². The van der Waals surface area contributed by atoms with Crippen LogP contribution in [0.1, 0.15) is 34.2 Å². The number of benzene rings is 1. The first-order valence-corrected chi connectivity index (χ1v) is 10.8.